The van der Waals surface area contributed by atoms with Gasteiger partial charge in [-0.25, -0.2) is 9.31 Å². The lowest BCUT2D eigenvalue weighted by atomic mass is 10.3. The van der Waals surface area contributed by atoms with Gasteiger partial charge in [0.05, 0.1) is 5.52 Å². The molecule has 2 heterocycles. The summed E-state index contributed by atoms with van der Waals surface area (Å²) in [6, 6.07) is 6.75. The summed E-state index contributed by atoms with van der Waals surface area (Å²) < 4.78 is 2.01. The molecule has 1 N–H and O–H groups in total. The number of carboxylic acids is 1. The predicted molar refractivity (Wildman–Crippen MR) is 49.9 cm³/mol. The van der Waals surface area contributed by atoms with Crippen LogP contribution in [0.1, 0.15) is 10.5 Å². The molecule has 0 aromatic carbocycles. The molecule has 0 bridgehead atoms. The van der Waals surface area contributed by atoms with Gasteiger partial charge in [0.1, 0.15) is 10.3 Å². The third kappa shape index (κ3) is 1.31. The van der Waals surface area contributed by atoms with Crippen LogP contribution in [0.5, 0.6) is 0 Å². The van der Waals surface area contributed by atoms with E-state index in [-0.39, 0.29) is 5.69 Å². The first-order valence-corrected chi connectivity index (χ1v) is 4.35. The van der Waals surface area contributed by atoms with Crippen LogP contribution >= 0.6 is 15.9 Å². The average Bonchev–Trinajstić information content (AvgIpc) is 2.43. The molecule has 0 aliphatic heterocycles. The standard InChI is InChI=1S/C8H5BrN2O2/c9-7-4-5-2-1-3-6(8(12)13)11(5)10-7/h1-4H,(H,12,13). The fourth-order valence-electron chi connectivity index (χ4n) is 1.15. The van der Waals surface area contributed by atoms with Gasteiger partial charge in [0.25, 0.3) is 0 Å². The molecule has 0 amide bonds. The lowest BCUT2D eigenvalue weighted by Gasteiger charge is -1.97. The molecule has 0 spiro atoms. The summed E-state index contributed by atoms with van der Waals surface area (Å²) in [5, 5.41) is 12.8. The smallest absolute Gasteiger partial charge is 0.354 e. The predicted octanol–water partition coefficient (Wildman–Crippen LogP) is 1.79. The molecular weight excluding hydrogens is 236 g/mol. The lowest BCUT2D eigenvalue weighted by molar-refractivity contribution is 0.0687. The maximum Gasteiger partial charge on any atom is 0.354 e. The van der Waals surface area contributed by atoms with E-state index in [2.05, 4.69) is 21.0 Å². The van der Waals surface area contributed by atoms with Crippen LogP contribution in [0.2, 0.25) is 0 Å². The Balaban J connectivity index is 2.82. The molecular formula is C8H5BrN2O2. The van der Waals surface area contributed by atoms with E-state index >= 15 is 0 Å². The van der Waals surface area contributed by atoms with Crippen molar-refractivity contribution in [1.29, 1.82) is 0 Å². The molecule has 4 nitrogen and oxygen atoms in total. The maximum absolute atomic E-state index is 10.7. The van der Waals surface area contributed by atoms with Crippen molar-refractivity contribution in [3.63, 3.8) is 0 Å². The summed E-state index contributed by atoms with van der Waals surface area (Å²) in [6.45, 7) is 0. The highest BCUT2D eigenvalue weighted by atomic mass is 79.9. The number of rotatable bonds is 1. The van der Waals surface area contributed by atoms with E-state index in [1.165, 1.54) is 10.6 Å². The molecule has 66 valence electrons. The number of hydrogen-bond donors (Lipinski definition) is 1. The summed E-state index contributed by atoms with van der Waals surface area (Å²) in [5.41, 5.74) is 0.912. The minimum atomic E-state index is -0.985. The Hall–Kier alpha value is -1.36. The number of hydrogen-bond acceptors (Lipinski definition) is 2. The first-order chi connectivity index (χ1) is 6.18. The Morgan fingerprint density at radius 1 is 1.54 bits per heavy atom. The van der Waals surface area contributed by atoms with Gasteiger partial charge in [0, 0.05) is 0 Å². The zero-order valence-corrected chi connectivity index (χ0v) is 8.02. The first kappa shape index (κ1) is 8.25. The second kappa shape index (κ2) is 2.85. The number of halogens is 1. The van der Waals surface area contributed by atoms with Crippen LogP contribution in [0.4, 0.5) is 0 Å². The molecule has 0 aliphatic rings. The van der Waals surface area contributed by atoms with Crippen LogP contribution in [-0.2, 0) is 0 Å². The minimum Gasteiger partial charge on any atom is -0.477 e. The second-order valence-corrected chi connectivity index (χ2v) is 3.33. The molecule has 0 fully saturated rings. The van der Waals surface area contributed by atoms with Crippen molar-refractivity contribution < 1.29 is 9.90 Å². The first-order valence-electron chi connectivity index (χ1n) is 3.56. The van der Waals surface area contributed by atoms with Crippen molar-refractivity contribution in [3.05, 3.63) is 34.6 Å². The van der Waals surface area contributed by atoms with E-state index in [1.54, 1.807) is 18.2 Å². The Kier molecular flexibility index (Phi) is 1.81. The van der Waals surface area contributed by atoms with Gasteiger partial charge in [-0.2, -0.15) is 5.10 Å². The Morgan fingerprint density at radius 2 is 2.31 bits per heavy atom. The molecule has 13 heavy (non-hydrogen) atoms. The summed E-state index contributed by atoms with van der Waals surface area (Å²) in [4.78, 5) is 10.7. The maximum atomic E-state index is 10.7. The van der Waals surface area contributed by atoms with Crippen molar-refractivity contribution in [2.45, 2.75) is 0 Å². The van der Waals surface area contributed by atoms with Crippen LogP contribution in [0.3, 0.4) is 0 Å². The van der Waals surface area contributed by atoms with Gasteiger partial charge in [-0.3, -0.25) is 0 Å². The fraction of sp³-hybridized carbons (Fsp3) is 0. The van der Waals surface area contributed by atoms with Crippen molar-refractivity contribution in [2.75, 3.05) is 0 Å². The molecule has 5 heteroatoms. The molecule has 2 aromatic rings. The largest absolute Gasteiger partial charge is 0.477 e. The highest BCUT2D eigenvalue weighted by Crippen LogP contribution is 2.13. The Morgan fingerprint density at radius 3 is 3.00 bits per heavy atom. The number of aromatic carboxylic acids is 1. The van der Waals surface area contributed by atoms with Gasteiger partial charge < -0.3 is 5.11 Å². The highest BCUT2D eigenvalue weighted by Gasteiger charge is 2.08. The van der Waals surface area contributed by atoms with E-state index in [0.29, 0.717) is 4.60 Å². The minimum absolute atomic E-state index is 0.156. The van der Waals surface area contributed by atoms with Crippen LogP contribution in [0, 0.1) is 0 Å². The van der Waals surface area contributed by atoms with Crippen molar-refractivity contribution in [3.8, 4) is 0 Å². The molecule has 2 aromatic heterocycles. The third-order valence-corrected chi connectivity index (χ3v) is 2.06. The van der Waals surface area contributed by atoms with Crippen molar-refractivity contribution >= 4 is 27.4 Å². The molecule has 0 atom stereocenters. The normalized spacial score (nSPS) is 10.5. The number of carboxylic acid groups (broad SMARTS) is 1. The molecule has 2 rings (SSSR count). The second-order valence-electron chi connectivity index (χ2n) is 2.52. The van der Waals surface area contributed by atoms with Gasteiger partial charge in [-0.1, -0.05) is 6.07 Å². The number of aromatic nitrogens is 2. The number of pyridine rings is 1. The summed E-state index contributed by atoms with van der Waals surface area (Å²) in [5.74, 6) is -0.985. The topological polar surface area (TPSA) is 54.6 Å². The van der Waals surface area contributed by atoms with Gasteiger partial charge >= 0.3 is 5.97 Å². The van der Waals surface area contributed by atoms with Gasteiger partial charge in [-0.05, 0) is 34.1 Å². The number of nitrogens with zero attached hydrogens (tertiary/aromatic N) is 2. The highest BCUT2D eigenvalue weighted by molar-refractivity contribution is 9.10. The van der Waals surface area contributed by atoms with Gasteiger partial charge in [0.2, 0.25) is 0 Å². The summed E-state index contributed by atoms with van der Waals surface area (Å²) in [6.07, 6.45) is 0. The van der Waals surface area contributed by atoms with E-state index in [9.17, 15) is 4.79 Å². The average molecular weight is 241 g/mol. The quantitative estimate of drug-likeness (QED) is 0.828. The zero-order valence-electron chi connectivity index (χ0n) is 6.44. The third-order valence-electron chi connectivity index (χ3n) is 1.68. The number of fused-ring (bicyclic) bond motifs is 1. The molecule has 0 saturated heterocycles. The van der Waals surface area contributed by atoms with Crippen LogP contribution < -0.4 is 0 Å². The van der Waals surface area contributed by atoms with Crippen LogP contribution in [0.15, 0.2) is 28.9 Å². The van der Waals surface area contributed by atoms with E-state index < -0.39 is 5.97 Å². The molecule has 0 radical (unpaired) electrons. The van der Waals surface area contributed by atoms with Crippen molar-refractivity contribution in [2.24, 2.45) is 0 Å². The monoisotopic (exact) mass is 240 g/mol. The van der Waals surface area contributed by atoms with Gasteiger partial charge in [-0.15, -0.1) is 0 Å². The molecule has 0 aliphatic carbocycles. The molecule has 0 unspecified atom stereocenters. The number of carbonyl (C=O) groups is 1. The Bertz CT molecular complexity index is 478. The van der Waals surface area contributed by atoms with Gasteiger partial charge in [0.15, 0.2) is 0 Å². The summed E-state index contributed by atoms with van der Waals surface area (Å²) in [7, 11) is 0. The molecule has 0 saturated carbocycles. The fourth-order valence-corrected chi connectivity index (χ4v) is 1.54. The van der Waals surface area contributed by atoms with Crippen LogP contribution in [0.25, 0.3) is 5.52 Å². The zero-order chi connectivity index (χ0) is 9.42. The van der Waals surface area contributed by atoms with Crippen molar-refractivity contribution in [1.82, 2.24) is 9.61 Å². The SMILES string of the molecule is O=C(O)c1cccc2cc(Br)nn12. The van der Waals surface area contributed by atoms with E-state index in [4.69, 9.17) is 5.11 Å². The Labute approximate surface area is 81.9 Å². The van der Waals surface area contributed by atoms with E-state index in [1.807, 2.05) is 0 Å². The van der Waals surface area contributed by atoms with Crippen LogP contribution in [-0.4, -0.2) is 20.7 Å². The summed E-state index contributed by atoms with van der Waals surface area (Å²) >= 11 is 3.18. The van der Waals surface area contributed by atoms with E-state index in [0.717, 1.165) is 5.52 Å². The lowest BCUT2D eigenvalue weighted by Crippen LogP contribution is -2.05.